The Balaban J connectivity index is 3.54. The Hall–Kier alpha value is -0.200. The first kappa shape index (κ1) is 19.8. The van der Waals surface area contributed by atoms with Crippen LogP contribution < -0.4 is 0 Å². The summed E-state index contributed by atoms with van der Waals surface area (Å²) in [7, 11) is 0. The Morgan fingerprint density at radius 1 is 0.750 bits per heavy atom. The van der Waals surface area contributed by atoms with Crippen LogP contribution in [0.5, 0.6) is 0 Å². The van der Waals surface area contributed by atoms with Crippen molar-refractivity contribution in [2.24, 2.45) is 0 Å². The van der Waals surface area contributed by atoms with Crippen LogP contribution in [0.15, 0.2) is 0 Å². The first-order valence-electron chi connectivity index (χ1n) is 7.56. The number of hydrogen-bond donors (Lipinski definition) is 1. The zero-order valence-corrected chi connectivity index (χ0v) is 13.6. The molecule has 0 aliphatic rings. The maximum absolute atomic E-state index is 9.11. The number of aliphatic hydroxyl groups excluding tert-OH is 1. The molecule has 5 heteroatoms. The van der Waals surface area contributed by atoms with Gasteiger partial charge in [0, 0.05) is 6.61 Å². The normalized spacial score (nSPS) is 17.7. The van der Waals surface area contributed by atoms with E-state index in [9.17, 15) is 0 Å². The van der Waals surface area contributed by atoms with E-state index in [0.717, 1.165) is 13.0 Å². The predicted octanol–water partition coefficient (Wildman–Crippen LogP) is 2.01. The molecule has 0 aromatic heterocycles. The molecule has 0 aliphatic heterocycles. The summed E-state index contributed by atoms with van der Waals surface area (Å²) < 4.78 is 22.1. The van der Waals surface area contributed by atoms with Crippen molar-refractivity contribution < 1.29 is 24.1 Å². The van der Waals surface area contributed by atoms with Crippen molar-refractivity contribution in [3.05, 3.63) is 0 Å². The second-order valence-corrected chi connectivity index (χ2v) is 5.36. The topological polar surface area (TPSA) is 57.2 Å². The fraction of sp³-hybridized carbons (Fsp3) is 1.00. The van der Waals surface area contributed by atoms with E-state index in [1.165, 1.54) is 0 Å². The molecule has 0 aromatic carbocycles. The largest absolute Gasteiger partial charge is 0.391 e. The molecule has 0 fully saturated rings. The van der Waals surface area contributed by atoms with Crippen molar-refractivity contribution in [3.63, 3.8) is 0 Å². The number of rotatable bonds is 13. The Labute approximate surface area is 123 Å². The van der Waals surface area contributed by atoms with Gasteiger partial charge in [-0.05, 0) is 34.1 Å². The van der Waals surface area contributed by atoms with Crippen molar-refractivity contribution in [1.29, 1.82) is 0 Å². The van der Waals surface area contributed by atoms with E-state index in [1.807, 2.05) is 20.8 Å². The molecule has 5 nitrogen and oxygen atoms in total. The van der Waals surface area contributed by atoms with E-state index in [0.29, 0.717) is 26.4 Å². The van der Waals surface area contributed by atoms with E-state index in [4.69, 9.17) is 24.1 Å². The summed E-state index contributed by atoms with van der Waals surface area (Å²) in [5.41, 5.74) is 0. The summed E-state index contributed by atoms with van der Waals surface area (Å²) in [5.74, 6) is 0. The van der Waals surface area contributed by atoms with Crippen molar-refractivity contribution in [3.8, 4) is 0 Å². The van der Waals surface area contributed by atoms with Crippen molar-refractivity contribution in [1.82, 2.24) is 0 Å². The van der Waals surface area contributed by atoms with Crippen LogP contribution in [0.3, 0.4) is 0 Å². The van der Waals surface area contributed by atoms with E-state index in [2.05, 4.69) is 6.92 Å². The van der Waals surface area contributed by atoms with Crippen LogP contribution in [0.1, 0.15) is 41.0 Å². The first-order valence-corrected chi connectivity index (χ1v) is 7.56. The molecule has 122 valence electrons. The minimum atomic E-state index is -0.442. The molecule has 0 rings (SSSR count). The lowest BCUT2D eigenvalue weighted by molar-refractivity contribution is -0.0865. The number of aliphatic hydroxyl groups is 1. The van der Waals surface area contributed by atoms with E-state index >= 15 is 0 Å². The Morgan fingerprint density at radius 3 is 1.65 bits per heavy atom. The predicted molar refractivity (Wildman–Crippen MR) is 79.0 cm³/mol. The van der Waals surface area contributed by atoms with Gasteiger partial charge in [0.15, 0.2) is 0 Å². The van der Waals surface area contributed by atoms with Gasteiger partial charge in [-0.15, -0.1) is 0 Å². The third-order valence-electron chi connectivity index (χ3n) is 2.55. The summed E-state index contributed by atoms with van der Waals surface area (Å²) in [4.78, 5) is 0. The zero-order chi connectivity index (χ0) is 15.4. The molecule has 0 amide bonds. The number of ether oxygens (including phenoxy) is 4. The molecule has 0 radical (unpaired) electrons. The van der Waals surface area contributed by atoms with Crippen LogP contribution in [0, 0.1) is 0 Å². The molecule has 0 bridgehead atoms. The highest BCUT2D eigenvalue weighted by atomic mass is 16.6. The molecular weight excluding hydrogens is 260 g/mol. The molecule has 0 spiro atoms. The molecule has 4 atom stereocenters. The minimum Gasteiger partial charge on any atom is -0.391 e. The zero-order valence-electron chi connectivity index (χ0n) is 13.6. The van der Waals surface area contributed by atoms with E-state index in [1.54, 1.807) is 6.92 Å². The van der Waals surface area contributed by atoms with Gasteiger partial charge in [0.2, 0.25) is 0 Å². The van der Waals surface area contributed by atoms with Crippen LogP contribution in [-0.2, 0) is 18.9 Å². The van der Waals surface area contributed by atoms with Gasteiger partial charge in [0.05, 0.1) is 50.8 Å². The van der Waals surface area contributed by atoms with Gasteiger partial charge in [0.25, 0.3) is 0 Å². The smallest absolute Gasteiger partial charge is 0.0781 e. The third-order valence-corrected chi connectivity index (χ3v) is 2.55. The molecule has 0 heterocycles. The van der Waals surface area contributed by atoms with Gasteiger partial charge in [-0.3, -0.25) is 0 Å². The monoisotopic (exact) mass is 292 g/mol. The van der Waals surface area contributed by atoms with Gasteiger partial charge < -0.3 is 24.1 Å². The van der Waals surface area contributed by atoms with Crippen LogP contribution in [0.2, 0.25) is 0 Å². The Kier molecular flexibility index (Phi) is 12.4. The van der Waals surface area contributed by atoms with Crippen LogP contribution in [0.4, 0.5) is 0 Å². The molecule has 4 unspecified atom stereocenters. The average Bonchev–Trinajstić information content (AvgIpc) is 2.40. The van der Waals surface area contributed by atoms with Gasteiger partial charge >= 0.3 is 0 Å². The number of hydrogen-bond acceptors (Lipinski definition) is 5. The lowest BCUT2D eigenvalue weighted by Crippen LogP contribution is -2.27. The first-order chi connectivity index (χ1) is 9.45. The summed E-state index contributed by atoms with van der Waals surface area (Å²) in [6.07, 6.45) is 0.647. The SMILES string of the molecule is CCCOCC(C)OCC(C)OCC(C)OCC(C)O. The van der Waals surface area contributed by atoms with Crippen molar-refractivity contribution in [2.45, 2.75) is 65.5 Å². The summed E-state index contributed by atoms with van der Waals surface area (Å²) in [5, 5.41) is 9.11. The summed E-state index contributed by atoms with van der Waals surface area (Å²) in [6.45, 7) is 12.5. The van der Waals surface area contributed by atoms with Crippen LogP contribution in [-0.4, -0.2) is 62.6 Å². The van der Waals surface area contributed by atoms with Crippen molar-refractivity contribution in [2.75, 3.05) is 33.0 Å². The fourth-order valence-electron chi connectivity index (χ4n) is 1.44. The van der Waals surface area contributed by atoms with Gasteiger partial charge in [-0.2, -0.15) is 0 Å². The molecular formula is C15H32O5. The molecule has 0 saturated heterocycles. The van der Waals surface area contributed by atoms with Crippen molar-refractivity contribution >= 4 is 0 Å². The minimum absolute atomic E-state index is 0.0150. The molecule has 1 N–H and O–H groups in total. The third kappa shape index (κ3) is 12.8. The maximum atomic E-state index is 9.11. The highest BCUT2D eigenvalue weighted by molar-refractivity contribution is 4.56. The maximum Gasteiger partial charge on any atom is 0.0781 e. The van der Waals surface area contributed by atoms with Gasteiger partial charge in [0.1, 0.15) is 0 Å². The highest BCUT2D eigenvalue weighted by Gasteiger charge is 2.10. The summed E-state index contributed by atoms with van der Waals surface area (Å²) in [6, 6.07) is 0. The second-order valence-electron chi connectivity index (χ2n) is 5.36. The molecule has 0 aromatic rings. The van der Waals surface area contributed by atoms with E-state index in [-0.39, 0.29) is 18.3 Å². The second kappa shape index (κ2) is 12.5. The van der Waals surface area contributed by atoms with Gasteiger partial charge in [-0.25, -0.2) is 0 Å². The lowest BCUT2D eigenvalue weighted by Gasteiger charge is -2.20. The highest BCUT2D eigenvalue weighted by Crippen LogP contribution is 2.01. The lowest BCUT2D eigenvalue weighted by atomic mass is 10.3. The Bertz CT molecular complexity index is 210. The quantitative estimate of drug-likeness (QED) is 0.526. The summed E-state index contributed by atoms with van der Waals surface area (Å²) >= 11 is 0. The fourth-order valence-corrected chi connectivity index (χ4v) is 1.44. The molecule has 0 saturated carbocycles. The van der Waals surface area contributed by atoms with E-state index < -0.39 is 6.10 Å². The van der Waals surface area contributed by atoms with Gasteiger partial charge in [-0.1, -0.05) is 6.92 Å². The standard InChI is InChI=1S/C15H32O5/c1-6-7-17-9-13(3)19-11-15(5)20-10-14(4)18-8-12(2)16/h12-16H,6-11H2,1-5H3. The molecule has 0 aliphatic carbocycles. The van der Waals surface area contributed by atoms with Crippen LogP contribution in [0.25, 0.3) is 0 Å². The Morgan fingerprint density at radius 2 is 1.20 bits per heavy atom. The average molecular weight is 292 g/mol. The molecule has 20 heavy (non-hydrogen) atoms. The van der Waals surface area contributed by atoms with Crippen LogP contribution >= 0.6 is 0 Å².